The van der Waals surface area contributed by atoms with E-state index in [9.17, 15) is 13.2 Å². The summed E-state index contributed by atoms with van der Waals surface area (Å²) in [4.78, 5) is 18.0. The first kappa shape index (κ1) is 24.2. The number of carbonyl (C=O) groups excluding carboxylic acids is 1. The van der Waals surface area contributed by atoms with Crippen LogP contribution in [0.4, 0.5) is 0 Å². The van der Waals surface area contributed by atoms with Crippen molar-refractivity contribution >= 4 is 21.9 Å². The van der Waals surface area contributed by atoms with Crippen molar-refractivity contribution in [3.05, 3.63) is 59.2 Å². The Morgan fingerprint density at radius 1 is 1.13 bits per heavy atom. The number of nitrogens with zero attached hydrogens (tertiary/aromatic N) is 2. The van der Waals surface area contributed by atoms with Gasteiger partial charge in [0.1, 0.15) is 5.75 Å². The number of hydrogen-bond donors (Lipinski definition) is 3. The predicted octanol–water partition coefficient (Wildman–Crippen LogP) is 0.975. The SMILES string of the molecule is COc1cc(C)ccc1CNC(=NCc1ccc(S(N)(=O)=O)cc1)NCC(=O)N(C)C. The molecule has 0 unspecified atom stereocenters. The number of nitrogens with two attached hydrogens (primary N) is 1. The van der Waals surface area contributed by atoms with Crippen LogP contribution in [0.2, 0.25) is 0 Å². The standard InChI is InChI=1S/C21H29N5O4S/c1-15-5-8-17(19(11-15)30-4)13-24-21(25-14-20(27)26(2)3)23-12-16-6-9-18(10-7-16)31(22,28)29/h5-11H,12-14H2,1-4H3,(H2,22,28,29)(H2,23,24,25). The zero-order chi connectivity index (χ0) is 23.0. The Hall–Kier alpha value is -3.11. The molecular formula is C21H29N5O4S. The third-order valence-corrected chi connectivity index (χ3v) is 5.40. The zero-order valence-electron chi connectivity index (χ0n) is 18.2. The Bertz CT molecular complexity index is 1030. The summed E-state index contributed by atoms with van der Waals surface area (Å²) in [5.41, 5.74) is 2.83. The summed E-state index contributed by atoms with van der Waals surface area (Å²) >= 11 is 0. The molecular weight excluding hydrogens is 418 g/mol. The summed E-state index contributed by atoms with van der Waals surface area (Å²) in [5.74, 6) is 1.10. The first-order chi connectivity index (χ1) is 14.6. The van der Waals surface area contributed by atoms with E-state index in [4.69, 9.17) is 9.88 Å². The van der Waals surface area contributed by atoms with Gasteiger partial charge in [-0.25, -0.2) is 18.5 Å². The van der Waals surface area contributed by atoms with Crippen molar-refractivity contribution in [3.63, 3.8) is 0 Å². The van der Waals surface area contributed by atoms with Crippen molar-refractivity contribution < 1.29 is 17.9 Å². The maximum absolute atomic E-state index is 12.0. The van der Waals surface area contributed by atoms with Crippen LogP contribution in [-0.4, -0.2) is 52.9 Å². The van der Waals surface area contributed by atoms with Crippen LogP contribution in [0.1, 0.15) is 16.7 Å². The third kappa shape index (κ3) is 7.58. The molecule has 2 aromatic rings. The van der Waals surface area contributed by atoms with Crippen molar-refractivity contribution in [2.45, 2.75) is 24.9 Å². The van der Waals surface area contributed by atoms with Gasteiger partial charge in [0.05, 0.1) is 25.1 Å². The number of likely N-dealkylation sites (N-methyl/N-ethyl adjacent to an activating group) is 1. The molecule has 0 aromatic heterocycles. The summed E-state index contributed by atoms with van der Waals surface area (Å²) < 4.78 is 28.2. The lowest BCUT2D eigenvalue weighted by Crippen LogP contribution is -2.42. The highest BCUT2D eigenvalue weighted by atomic mass is 32.2. The Morgan fingerprint density at radius 3 is 2.39 bits per heavy atom. The lowest BCUT2D eigenvalue weighted by Gasteiger charge is -2.16. The van der Waals surface area contributed by atoms with Gasteiger partial charge in [-0.1, -0.05) is 24.3 Å². The van der Waals surface area contributed by atoms with E-state index in [1.807, 2.05) is 25.1 Å². The minimum Gasteiger partial charge on any atom is -0.496 e. The predicted molar refractivity (Wildman–Crippen MR) is 120 cm³/mol. The van der Waals surface area contributed by atoms with Crippen molar-refractivity contribution in [3.8, 4) is 5.75 Å². The number of benzene rings is 2. The van der Waals surface area contributed by atoms with Gasteiger partial charge in [-0.15, -0.1) is 0 Å². The number of ether oxygens (including phenoxy) is 1. The summed E-state index contributed by atoms with van der Waals surface area (Å²) in [5, 5.41) is 11.3. The van der Waals surface area contributed by atoms with Crippen LogP contribution in [0.3, 0.4) is 0 Å². The smallest absolute Gasteiger partial charge is 0.241 e. The normalized spacial score (nSPS) is 11.7. The van der Waals surface area contributed by atoms with E-state index in [2.05, 4.69) is 15.6 Å². The van der Waals surface area contributed by atoms with Gasteiger partial charge in [0, 0.05) is 26.2 Å². The van der Waals surface area contributed by atoms with Crippen LogP contribution < -0.4 is 20.5 Å². The van der Waals surface area contributed by atoms with Crippen LogP contribution in [-0.2, 0) is 27.9 Å². The molecule has 0 saturated carbocycles. The van der Waals surface area contributed by atoms with Crippen LogP contribution in [0.15, 0.2) is 52.4 Å². The van der Waals surface area contributed by atoms with E-state index >= 15 is 0 Å². The number of carbonyl (C=O) groups is 1. The molecule has 31 heavy (non-hydrogen) atoms. The van der Waals surface area contributed by atoms with Crippen molar-refractivity contribution in [1.29, 1.82) is 0 Å². The van der Waals surface area contributed by atoms with Crippen LogP contribution in [0, 0.1) is 6.92 Å². The molecule has 0 aliphatic heterocycles. The van der Waals surface area contributed by atoms with Gasteiger partial charge < -0.3 is 20.3 Å². The Labute approximate surface area is 183 Å². The lowest BCUT2D eigenvalue weighted by molar-refractivity contribution is -0.127. The number of amides is 1. The highest BCUT2D eigenvalue weighted by Crippen LogP contribution is 2.19. The largest absolute Gasteiger partial charge is 0.496 e. The molecule has 9 nitrogen and oxygen atoms in total. The van der Waals surface area contributed by atoms with Crippen molar-refractivity contribution in [2.75, 3.05) is 27.7 Å². The number of rotatable bonds is 8. The van der Waals surface area contributed by atoms with E-state index in [0.717, 1.165) is 22.4 Å². The topological polar surface area (TPSA) is 126 Å². The molecule has 0 saturated heterocycles. The number of guanidine groups is 1. The molecule has 2 aromatic carbocycles. The molecule has 0 heterocycles. The minimum absolute atomic E-state index is 0.0414. The van der Waals surface area contributed by atoms with Gasteiger partial charge in [0.25, 0.3) is 0 Å². The number of sulfonamides is 1. The van der Waals surface area contributed by atoms with E-state index in [1.54, 1.807) is 33.3 Å². The fourth-order valence-corrected chi connectivity index (χ4v) is 3.14. The van der Waals surface area contributed by atoms with Gasteiger partial charge in [0.2, 0.25) is 15.9 Å². The maximum atomic E-state index is 12.0. The second kappa shape index (κ2) is 10.8. The van der Waals surface area contributed by atoms with Crippen LogP contribution >= 0.6 is 0 Å². The lowest BCUT2D eigenvalue weighted by atomic mass is 10.1. The fourth-order valence-electron chi connectivity index (χ4n) is 2.62. The molecule has 168 valence electrons. The average molecular weight is 448 g/mol. The summed E-state index contributed by atoms with van der Waals surface area (Å²) in [6, 6.07) is 12.1. The first-order valence-corrected chi connectivity index (χ1v) is 11.1. The van der Waals surface area contributed by atoms with Gasteiger partial charge in [-0.2, -0.15) is 0 Å². The van der Waals surface area contributed by atoms with E-state index in [0.29, 0.717) is 12.5 Å². The van der Waals surface area contributed by atoms with Gasteiger partial charge in [-0.3, -0.25) is 4.79 Å². The number of aliphatic imine (C=N–C) groups is 1. The number of methoxy groups -OCH3 is 1. The van der Waals surface area contributed by atoms with Gasteiger partial charge in [-0.05, 0) is 36.2 Å². The summed E-state index contributed by atoms with van der Waals surface area (Å²) in [7, 11) is 1.23. The summed E-state index contributed by atoms with van der Waals surface area (Å²) in [6.45, 7) is 2.79. The van der Waals surface area contributed by atoms with Gasteiger partial charge >= 0.3 is 0 Å². The highest BCUT2D eigenvalue weighted by molar-refractivity contribution is 7.89. The third-order valence-electron chi connectivity index (χ3n) is 4.47. The van der Waals surface area contributed by atoms with E-state index in [-0.39, 0.29) is 23.9 Å². The molecule has 0 atom stereocenters. The summed E-state index contributed by atoms with van der Waals surface area (Å²) in [6.07, 6.45) is 0. The molecule has 1 amide bonds. The van der Waals surface area contributed by atoms with Crippen LogP contribution in [0.5, 0.6) is 5.75 Å². The minimum atomic E-state index is -3.74. The molecule has 0 fully saturated rings. The van der Waals surface area contributed by atoms with Crippen LogP contribution in [0.25, 0.3) is 0 Å². The van der Waals surface area contributed by atoms with Gasteiger partial charge in [0.15, 0.2) is 5.96 Å². The monoisotopic (exact) mass is 447 g/mol. The number of aryl methyl sites for hydroxylation is 1. The molecule has 0 spiro atoms. The Balaban J connectivity index is 2.14. The number of nitrogens with one attached hydrogen (secondary N) is 2. The quantitative estimate of drug-likeness (QED) is 0.409. The second-order valence-corrected chi connectivity index (χ2v) is 8.73. The van der Waals surface area contributed by atoms with E-state index < -0.39 is 10.0 Å². The maximum Gasteiger partial charge on any atom is 0.241 e. The zero-order valence-corrected chi connectivity index (χ0v) is 19.0. The Kier molecular flexibility index (Phi) is 8.40. The molecule has 0 aliphatic rings. The number of primary sulfonamides is 1. The first-order valence-electron chi connectivity index (χ1n) is 9.57. The molecule has 0 radical (unpaired) electrons. The van der Waals surface area contributed by atoms with E-state index in [1.165, 1.54) is 17.0 Å². The molecule has 0 bridgehead atoms. The number of hydrogen-bond acceptors (Lipinski definition) is 5. The molecule has 2 rings (SSSR count). The Morgan fingerprint density at radius 2 is 1.81 bits per heavy atom. The average Bonchev–Trinajstić information content (AvgIpc) is 2.73. The highest BCUT2D eigenvalue weighted by Gasteiger charge is 2.09. The molecule has 0 aliphatic carbocycles. The second-order valence-electron chi connectivity index (χ2n) is 7.16. The van der Waals surface area contributed by atoms with Crippen molar-refractivity contribution in [2.24, 2.45) is 10.1 Å². The van der Waals surface area contributed by atoms with Crippen molar-refractivity contribution in [1.82, 2.24) is 15.5 Å². The molecule has 10 heteroatoms. The molecule has 4 N–H and O–H groups in total. The fraction of sp³-hybridized carbons (Fsp3) is 0.333.